The Labute approximate surface area is 151 Å². The van der Waals surface area contributed by atoms with Crippen molar-refractivity contribution < 1.29 is 4.42 Å². The number of tetrazole rings is 1. The molecule has 8 heteroatoms. The molecule has 0 radical (unpaired) electrons. The van der Waals surface area contributed by atoms with Crippen LogP contribution in [0.25, 0.3) is 0 Å². The Hall–Kier alpha value is -2.61. The van der Waals surface area contributed by atoms with E-state index in [2.05, 4.69) is 54.9 Å². The number of nitrogens with zero attached hydrogens (tertiary/aromatic N) is 7. The molecule has 1 aliphatic heterocycles. The van der Waals surface area contributed by atoms with Crippen molar-refractivity contribution in [3.05, 3.63) is 53.0 Å². The molecule has 1 aromatic carbocycles. The fourth-order valence-corrected chi connectivity index (χ4v) is 3.63. The van der Waals surface area contributed by atoms with Crippen LogP contribution in [0.1, 0.15) is 60.6 Å². The molecule has 5 rings (SSSR count). The van der Waals surface area contributed by atoms with Gasteiger partial charge in [0.25, 0.3) is 0 Å². The fourth-order valence-electron chi connectivity index (χ4n) is 3.63. The van der Waals surface area contributed by atoms with E-state index in [1.807, 2.05) is 11.6 Å². The van der Waals surface area contributed by atoms with E-state index >= 15 is 0 Å². The lowest BCUT2D eigenvalue weighted by Crippen LogP contribution is -2.35. The van der Waals surface area contributed by atoms with Crippen molar-refractivity contribution in [1.82, 2.24) is 35.3 Å². The van der Waals surface area contributed by atoms with E-state index in [0.29, 0.717) is 24.4 Å². The molecule has 26 heavy (non-hydrogen) atoms. The molecule has 134 valence electrons. The van der Waals surface area contributed by atoms with Gasteiger partial charge < -0.3 is 4.42 Å². The van der Waals surface area contributed by atoms with Gasteiger partial charge in [-0.15, -0.1) is 15.3 Å². The molecule has 8 nitrogen and oxygen atoms in total. The Bertz CT molecular complexity index is 914. The summed E-state index contributed by atoms with van der Waals surface area (Å²) < 4.78 is 7.88. The van der Waals surface area contributed by atoms with Crippen LogP contribution in [0.5, 0.6) is 0 Å². The highest BCUT2D eigenvalue weighted by atomic mass is 16.4. The third-order valence-corrected chi connectivity index (χ3v) is 5.21. The summed E-state index contributed by atoms with van der Waals surface area (Å²) in [6, 6.07) is 9.06. The number of aromatic nitrogens is 6. The van der Waals surface area contributed by atoms with Gasteiger partial charge in [-0.2, -0.15) is 0 Å². The third-order valence-electron chi connectivity index (χ3n) is 5.21. The zero-order valence-electron chi connectivity index (χ0n) is 14.7. The minimum atomic E-state index is 0.0436. The standard InChI is InChI=1S/C18H21N7O/c1-2-17-20-21-18(26-17)15-9-12-5-3-4-6-13(12)10-24(15)11-16-19-22-23-25(16)14-7-8-14/h3-6,14-15H,2,7-11H2,1H3/t15-/m1/s1. The van der Waals surface area contributed by atoms with Gasteiger partial charge in [0.15, 0.2) is 5.82 Å². The monoisotopic (exact) mass is 351 g/mol. The van der Waals surface area contributed by atoms with Crippen LogP contribution < -0.4 is 0 Å². The highest BCUT2D eigenvalue weighted by molar-refractivity contribution is 5.30. The summed E-state index contributed by atoms with van der Waals surface area (Å²) in [6.45, 7) is 3.52. The Balaban J connectivity index is 1.48. The molecule has 0 unspecified atom stereocenters. The maximum atomic E-state index is 5.90. The average Bonchev–Trinajstić information content (AvgIpc) is 3.22. The van der Waals surface area contributed by atoms with Crippen LogP contribution in [0.15, 0.2) is 28.7 Å². The minimum Gasteiger partial charge on any atom is -0.424 e. The molecule has 1 saturated carbocycles. The highest BCUT2D eigenvalue weighted by Gasteiger charge is 2.34. The van der Waals surface area contributed by atoms with Gasteiger partial charge in [0.1, 0.15) is 0 Å². The maximum Gasteiger partial charge on any atom is 0.233 e. The van der Waals surface area contributed by atoms with Crippen molar-refractivity contribution in [2.45, 2.75) is 57.8 Å². The zero-order valence-corrected chi connectivity index (χ0v) is 14.7. The van der Waals surface area contributed by atoms with Crippen LogP contribution in [0.3, 0.4) is 0 Å². The molecule has 0 spiro atoms. The minimum absolute atomic E-state index is 0.0436. The largest absolute Gasteiger partial charge is 0.424 e. The summed E-state index contributed by atoms with van der Waals surface area (Å²) in [6.07, 6.45) is 3.92. The highest BCUT2D eigenvalue weighted by Crippen LogP contribution is 2.37. The van der Waals surface area contributed by atoms with Gasteiger partial charge in [-0.3, -0.25) is 4.90 Å². The van der Waals surface area contributed by atoms with Gasteiger partial charge in [-0.05, 0) is 40.8 Å². The average molecular weight is 351 g/mol. The molecule has 0 N–H and O–H groups in total. The Morgan fingerprint density at radius 3 is 2.73 bits per heavy atom. The van der Waals surface area contributed by atoms with E-state index in [1.165, 1.54) is 11.1 Å². The van der Waals surface area contributed by atoms with Crippen LogP contribution in [-0.2, 0) is 25.9 Å². The molecule has 1 fully saturated rings. The summed E-state index contributed by atoms with van der Waals surface area (Å²) in [4.78, 5) is 2.35. The van der Waals surface area contributed by atoms with Gasteiger partial charge in [0.05, 0.1) is 18.6 Å². The zero-order chi connectivity index (χ0) is 17.5. The SMILES string of the molecule is CCc1nnc([C@H]2Cc3ccccc3CN2Cc2nnnn2C2CC2)o1. The van der Waals surface area contributed by atoms with E-state index in [9.17, 15) is 0 Å². The fraction of sp³-hybridized carbons (Fsp3) is 0.500. The van der Waals surface area contributed by atoms with E-state index < -0.39 is 0 Å². The first-order valence-electron chi connectivity index (χ1n) is 9.21. The van der Waals surface area contributed by atoms with E-state index in [0.717, 1.165) is 38.1 Å². The van der Waals surface area contributed by atoms with E-state index in [4.69, 9.17) is 4.42 Å². The quantitative estimate of drug-likeness (QED) is 0.697. The van der Waals surface area contributed by atoms with Crippen molar-refractivity contribution in [2.24, 2.45) is 0 Å². The second kappa shape index (κ2) is 6.28. The van der Waals surface area contributed by atoms with Crippen molar-refractivity contribution in [3.63, 3.8) is 0 Å². The molecule has 2 aromatic heterocycles. The molecule has 2 aliphatic rings. The second-order valence-corrected chi connectivity index (χ2v) is 7.05. The Kier molecular flexibility index (Phi) is 3.77. The number of benzene rings is 1. The molecule has 3 aromatic rings. The van der Waals surface area contributed by atoms with Gasteiger partial charge in [-0.25, -0.2) is 4.68 Å². The molecule has 1 atom stereocenters. The predicted octanol–water partition coefficient (Wildman–Crippen LogP) is 2.25. The van der Waals surface area contributed by atoms with E-state index in [-0.39, 0.29) is 6.04 Å². The molecule has 0 saturated heterocycles. The maximum absolute atomic E-state index is 5.90. The Morgan fingerprint density at radius 1 is 1.12 bits per heavy atom. The molecule has 1 aliphatic carbocycles. The third kappa shape index (κ3) is 2.80. The van der Waals surface area contributed by atoms with Crippen LogP contribution in [0, 0.1) is 0 Å². The number of hydrogen-bond acceptors (Lipinski definition) is 7. The smallest absolute Gasteiger partial charge is 0.233 e. The molecule has 0 bridgehead atoms. The lowest BCUT2D eigenvalue weighted by atomic mass is 9.94. The number of fused-ring (bicyclic) bond motifs is 1. The van der Waals surface area contributed by atoms with Gasteiger partial charge >= 0.3 is 0 Å². The Morgan fingerprint density at radius 2 is 1.96 bits per heavy atom. The van der Waals surface area contributed by atoms with Crippen LogP contribution >= 0.6 is 0 Å². The van der Waals surface area contributed by atoms with Gasteiger partial charge in [-0.1, -0.05) is 31.2 Å². The van der Waals surface area contributed by atoms with Crippen LogP contribution in [0.4, 0.5) is 0 Å². The number of aryl methyl sites for hydroxylation is 1. The summed E-state index contributed by atoms with van der Waals surface area (Å²) >= 11 is 0. The lowest BCUT2D eigenvalue weighted by molar-refractivity contribution is 0.131. The normalized spacial score (nSPS) is 20.3. The number of rotatable bonds is 5. The topological polar surface area (TPSA) is 85.8 Å². The molecular formula is C18H21N7O. The van der Waals surface area contributed by atoms with Gasteiger partial charge in [0.2, 0.25) is 11.8 Å². The lowest BCUT2D eigenvalue weighted by Gasteiger charge is -2.34. The van der Waals surface area contributed by atoms with Crippen LogP contribution in [0.2, 0.25) is 0 Å². The summed E-state index contributed by atoms with van der Waals surface area (Å²) in [5.74, 6) is 2.27. The van der Waals surface area contributed by atoms with Crippen molar-refractivity contribution in [3.8, 4) is 0 Å². The molecule has 3 heterocycles. The van der Waals surface area contributed by atoms with Crippen LogP contribution in [-0.4, -0.2) is 35.3 Å². The van der Waals surface area contributed by atoms with Gasteiger partial charge in [0, 0.05) is 13.0 Å². The van der Waals surface area contributed by atoms with E-state index in [1.54, 1.807) is 0 Å². The molecule has 0 amide bonds. The summed E-state index contributed by atoms with van der Waals surface area (Å²) in [5, 5.41) is 20.8. The first kappa shape index (κ1) is 15.6. The first-order chi connectivity index (χ1) is 12.8. The van der Waals surface area contributed by atoms with Crippen molar-refractivity contribution in [1.29, 1.82) is 0 Å². The second-order valence-electron chi connectivity index (χ2n) is 7.05. The van der Waals surface area contributed by atoms with Crippen molar-refractivity contribution in [2.75, 3.05) is 0 Å². The summed E-state index contributed by atoms with van der Waals surface area (Å²) in [5.41, 5.74) is 2.68. The molecular weight excluding hydrogens is 330 g/mol. The summed E-state index contributed by atoms with van der Waals surface area (Å²) in [7, 11) is 0. The predicted molar refractivity (Wildman–Crippen MR) is 91.9 cm³/mol. The number of hydrogen-bond donors (Lipinski definition) is 0. The van der Waals surface area contributed by atoms with Crippen molar-refractivity contribution >= 4 is 0 Å². The first-order valence-corrected chi connectivity index (χ1v) is 9.21.